The Bertz CT molecular complexity index is 975. The molecule has 2 atom stereocenters. The molecule has 0 spiro atoms. The Kier molecular flexibility index (Phi) is 6.44. The van der Waals surface area contributed by atoms with Crippen LogP contribution in [0.3, 0.4) is 0 Å². The number of fused-ring (bicyclic) bond motifs is 3. The van der Waals surface area contributed by atoms with Crippen molar-refractivity contribution in [2.45, 2.75) is 50.6 Å². The minimum Gasteiger partial charge on any atom is -0.480 e. The van der Waals surface area contributed by atoms with Gasteiger partial charge in [0.25, 0.3) is 0 Å². The summed E-state index contributed by atoms with van der Waals surface area (Å²) in [4.78, 5) is 38.5. The Morgan fingerprint density at radius 1 is 1.06 bits per heavy atom. The summed E-state index contributed by atoms with van der Waals surface area (Å²) in [6.07, 6.45) is 1.65. The number of likely N-dealkylation sites (tertiary alicyclic amines) is 1. The number of hydrogen-bond donors (Lipinski definition) is 2. The number of carboxylic acids is 1. The van der Waals surface area contributed by atoms with Crippen molar-refractivity contribution in [2.75, 3.05) is 13.2 Å². The van der Waals surface area contributed by atoms with Crippen LogP contribution in [0.4, 0.5) is 4.79 Å². The number of nitrogens with one attached hydrogen (secondary N) is 1. The second-order valence-corrected chi connectivity index (χ2v) is 8.31. The largest absolute Gasteiger partial charge is 0.480 e. The summed E-state index contributed by atoms with van der Waals surface area (Å²) >= 11 is 0. The second-order valence-electron chi connectivity index (χ2n) is 8.31. The molecule has 1 fully saturated rings. The quantitative estimate of drug-likeness (QED) is 0.719. The summed E-state index contributed by atoms with van der Waals surface area (Å²) in [5.41, 5.74) is 4.51. The monoisotopic (exact) mass is 436 g/mol. The van der Waals surface area contributed by atoms with E-state index < -0.39 is 24.1 Å². The molecular weight excluding hydrogens is 408 g/mol. The number of piperidine rings is 1. The minimum atomic E-state index is -1.01. The average molecular weight is 437 g/mol. The number of carbonyl (C=O) groups excluding carboxylic acids is 2. The lowest BCUT2D eigenvalue weighted by Crippen LogP contribution is -2.55. The highest BCUT2D eigenvalue weighted by atomic mass is 16.5. The summed E-state index contributed by atoms with van der Waals surface area (Å²) < 4.78 is 5.55. The lowest BCUT2D eigenvalue weighted by Gasteiger charge is -2.35. The molecule has 0 bridgehead atoms. The number of hydrogen-bond acceptors (Lipinski definition) is 4. The third kappa shape index (κ3) is 4.20. The smallest absolute Gasteiger partial charge is 0.407 e. The zero-order valence-electron chi connectivity index (χ0n) is 18.1. The molecule has 0 radical (unpaired) electrons. The number of amides is 2. The fourth-order valence-corrected chi connectivity index (χ4v) is 4.77. The Hall–Kier alpha value is -3.35. The number of carbonyl (C=O) groups is 3. The molecule has 7 heteroatoms. The number of ether oxygens (including phenoxy) is 1. The highest BCUT2D eigenvalue weighted by molar-refractivity contribution is 5.89. The zero-order valence-corrected chi connectivity index (χ0v) is 18.1. The molecule has 0 saturated carbocycles. The summed E-state index contributed by atoms with van der Waals surface area (Å²) in [5, 5.41) is 12.1. The normalized spacial score (nSPS) is 18.4. The van der Waals surface area contributed by atoms with E-state index in [1.165, 1.54) is 4.90 Å². The van der Waals surface area contributed by atoms with Gasteiger partial charge in [-0.2, -0.15) is 0 Å². The number of carboxylic acid groups (broad SMARTS) is 1. The Balaban J connectivity index is 1.41. The molecule has 2 aliphatic rings. The molecule has 1 aliphatic heterocycles. The van der Waals surface area contributed by atoms with Gasteiger partial charge >= 0.3 is 12.1 Å². The SMILES string of the molecule is CC[C@H](NC(=O)OCC1c2ccccc2-c2ccccc21)C(=O)N1CCCCC1C(=O)O. The van der Waals surface area contributed by atoms with E-state index in [1.54, 1.807) is 6.92 Å². The predicted octanol–water partition coefficient (Wildman–Crippen LogP) is 3.77. The third-order valence-electron chi connectivity index (χ3n) is 6.41. The number of alkyl carbamates (subject to hydrolysis) is 1. The maximum atomic E-state index is 13.0. The predicted molar refractivity (Wildman–Crippen MR) is 119 cm³/mol. The summed E-state index contributed by atoms with van der Waals surface area (Å²) in [7, 11) is 0. The van der Waals surface area contributed by atoms with Crippen molar-refractivity contribution in [3.8, 4) is 11.1 Å². The van der Waals surface area contributed by atoms with Gasteiger partial charge in [-0.1, -0.05) is 55.5 Å². The van der Waals surface area contributed by atoms with Crippen LogP contribution in [0.2, 0.25) is 0 Å². The van der Waals surface area contributed by atoms with Crippen LogP contribution < -0.4 is 5.32 Å². The van der Waals surface area contributed by atoms with Gasteiger partial charge in [-0.15, -0.1) is 0 Å². The molecule has 2 aromatic carbocycles. The van der Waals surface area contributed by atoms with E-state index in [2.05, 4.69) is 17.4 Å². The molecular formula is C25H28N2O5. The van der Waals surface area contributed by atoms with Crippen LogP contribution in [-0.2, 0) is 14.3 Å². The molecule has 1 aliphatic carbocycles. The van der Waals surface area contributed by atoms with Gasteiger partial charge in [0.1, 0.15) is 18.7 Å². The van der Waals surface area contributed by atoms with E-state index in [-0.39, 0.29) is 18.4 Å². The van der Waals surface area contributed by atoms with Crippen LogP contribution in [0.5, 0.6) is 0 Å². The van der Waals surface area contributed by atoms with Crippen molar-refractivity contribution in [3.63, 3.8) is 0 Å². The molecule has 32 heavy (non-hydrogen) atoms. The number of nitrogens with zero attached hydrogens (tertiary/aromatic N) is 1. The fourth-order valence-electron chi connectivity index (χ4n) is 4.77. The van der Waals surface area contributed by atoms with Gasteiger partial charge in [0.15, 0.2) is 0 Å². The van der Waals surface area contributed by atoms with Crippen molar-refractivity contribution in [3.05, 3.63) is 59.7 Å². The van der Waals surface area contributed by atoms with Crippen molar-refractivity contribution < 1.29 is 24.2 Å². The van der Waals surface area contributed by atoms with E-state index in [0.29, 0.717) is 19.4 Å². The molecule has 168 valence electrons. The van der Waals surface area contributed by atoms with E-state index in [0.717, 1.165) is 35.1 Å². The highest BCUT2D eigenvalue weighted by Gasteiger charge is 2.36. The Morgan fingerprint density at radius 3 is 2.28 bits per heavy atom. The zero-order chi connectivity index (χ0) is 22.7. The summed E-state index contributed by atoms with van der Waals surface area (Å²) in [6.45, 7) is 2.33. The molecule has 1 heterocycles. The van der Waals surface area contributed by atoms with E-state index in [1.807, 2.05) is 36.4 Å². The van der Waals surface area contributed by atoms with Crippen LogP contribution in [0.1, 0.15) is 49.7 Å². The van der Waals surface area contributed by atoms with Gasteiger partial charge in [-0.25, -0.2) is 9.59 Å². The van der Waals surface area contributed by atoms with Gasteiger partial charge in [0.05, 0.1) is 0 Å². The van der Waals surface area contributed by atoms with Gasteiger partial charge < -0.3 is 20.1 Å². The number of rotatable bonds is 6. The van der Waals surface area contributed by atoms with Crippen LogP contribution >= 0.6 is 0 Å². The maximum absolute atomic E-state index is 13.0. The van der Waals surface area contributed by atoms with Crippen molar-refractivity contribution >= 4 is 18.0 Å². The maximum Gasteiger partial charge on any atom is 0.407 e. The molecule has 2 amide bonds. The first-order chi connectivity index (χ1) is 15.5. The number of aliphatic carboxylic acids is 1. The Labute approximate surface area is 187 Å². The lowest BCUT2D eigenvalue weighted by molar-refractivity contribution is -0.152. The van der Waals surface area contributed by atoms with Gasteiger partial charge in [-0.05, 0) is 47.9 Å². The molecule has 1 saturated heterocycles. The fraction of sp³-hybridized carbons (Fsp3) is 0.400. The third-order valence-corrected chi connectivity index (χ3v) is 6.41. The van der Waals surface area contributed by atoms with E-state index in [9.17, 15) is 19.5 Å². The highest BCUT2D eigenvalue weighted by Crippen LogP contribution is 2.44. The van der Waals surface area contributed by atoms with E-state index in [4.69, 9.17) is 4.74 Å². The molecule has 2 aromatic rings. The molecule has 4 rings (SSSR count). The topological polar surface area (TPSA) is 95.9 Å². The van der Waals surface area contributed by atoms with E-state index >= 15 is 0 Å². The summed E-state index contributed by atoms with van der Waals surface area (Å²) in [5.74, 6) is -1.44. The van der Waals surface area contributed by atoms with Gasteiger partial charge in [0, 0.05) is 12.5 Å². The minimum absolute atomic E-state index is 0.0672. The standard InChI is InChI=1S/C25H28N2O5/c1-2-21(23(28)27-14-8-7-13-22(27)24(29)30)26-25(31)32-15-20-18-11-5-3-9-16(18)17-10-4-6-12-19(17)20/h3-6,9-12,20-22H,2,7-8,13-15H2,1H3,(H,26,31)(H,29,30)/t21-,22?/m0/s1. The van der Waals surface area contributed by atoms with Crippen LogP contribution in [0.25, 0.3) is 11.1 Å². The van der Waals surface area contributed by atoms with Crippen molar-refractivity contribution in [2.24, 2.45) is 0 Å². The Morgan fingerprint density at radius 2 is 1.69 bits per heavy atom. The molecule has 1 unspecified atom stereocenters. The molecule has 2 N–H and O–H groups in total. The number of benzene rings is 2. The first-order valence-electron chi connectivity index (χ1n) is 11.2. The molecule has 7 nitrogen and oxygen atoms in total. The van der Waals surface area contributed by atoms with Crippen molar-refractivity contribution in [1.29, 1.82) is 0 Å². The van der Waals surface area contributed by atoms with Crippen LogP contribution in [0, 0.1) is 0 Å². The summed E-state index contributed by atoms with van der Waals surface area (Å²) in [6, 6.07) is 14.5. The lowest BCUT2D eigenvalue weighted by atomic mass is 9.98. The molecule has 0 aromatic heterocycles. The van der Waals surface area contributed by atoms with Crippen LogP contribution in [0.15, 0.2) is 48.5 Å². The van der Waals surface area contributed by atoms with Gasteiger partial charge in [-0.3, -0.25) is 4.79 Å². The average Bonchev–Trinajstić information content (AvgIpc) is 3.14. The van der Waals surface area contributed by atoms with Crippen LogP contribution in [-0.4, -0.2) is 53.2 Å². The van der Waals surface area contributed by atoms with Gasteiger partial charge in [0.2, 0.25) is 5.91 Å². The first-order valence-corrected chi connectivity index (χ1v) is 11.2. The second kappa shape index (κ2) is 9.42. The first kappa shape index (κ1) is 21.9. The van der Waals surface area contributed by atoms with Crippen molar-refractivity contribution in [1.82, 2.24) is 10.2 Å².